The minimum atomic E-state index is -0.128. The van der Waals surface area contributed by atoms with Crippen LogP contribution in [0.4, 0.5) is 4.39 Å². The maximum absolute atomic E-state index is 13.4. The van der Waals surface area contributed by atoms with Crippen molar-refractivity contribution in [1.29, 1.82) is 0 Å². The summed E-state index contributed by atoms with van der Waals surface area (Å²) in [5.41, 5.74) is 1.84. The second kappa shape index (κ2) is 4.98. The maximum atomic E-state index is 13.4. The van der Waals surface area contributed by atoms with Gasteiger partial charge in [-0.2, -0.15) is 0 Å². The lowest BCUT2D eigenvalue weighted by atomic mass is 9.64. The fourth-order valence-electron chi connectivity index (χ4n) is 2.62. The van der Waals surface area contributed by atoms with E-state index in [0.717, 1.165) is 12.0 Å². The van der Waals surface area contributed by atoms with Crippen LogP contribution in [0.1, 0.15) is 31.4 Å². The summed E-state index contributed by atoms with van der Waals surface area (Å²) in [6, 6.07) is 5.86. The smallest absolute Gasteiger partial charge is 0.126 e. The number of hydrogen-bond acceptors (Lipinski definition) is 2. The summed E-state index contributed by atoms with van der Waals surface area (Å²) in [5, 5.41) is 3.49. The Bertz CT molecular complexity index is 431. The second-order valence-electron chi connectivity index (χ2n) is 5.80. The van der Waals surface area contributed by atoms with Crippen molar-refractivity contribution in [2.24, 2.45) is 5.41 Å². The monoisotopic (exact) mass is 251 g/mol. The summed E-state index contributed by atoms with van der Waals surface area (Å²) >= 11 is 0. The summed E-state index contributed by atoms with van der Waals surface area (Å²) in [4.78, 5) is 0. The molecule has 1 aliphatic rings. The Hall–Kier alpha value is -0.930. The molecule has 2 nitrogen and oxygen atoms in total. The standard InChI is InChI=1S/C15H22FNO/c1-10-5-6-11(7-12(10)16)9-17-13-8-14(18-4)15(13,2)3/h5-7,13-14,17H,8-9H2,1-4H3. The number of methoxy groups -OCH3 is 1. The molecule has 0 aliphatic heterocycles. The van der Waals surface area contributed by atoms with Gasteiger partial charge < -0.3 is 10.1 Å². The Kier molecular flexibility index (Phi) is 3.74. The van der Waals surface area contributed by atoms with Crippen LogP contribution in [-0.4, -0.2) is 19.3 Å². The van der Waals surface area contributed by atoms with Crippen molar-refractivity contribution >= 4 is 0 Å². The number of rotatable bonds is 4. The molecule has 2 atom stereocenters. The molecule has 1 fully saturated rings. The molecule has 1 aliphatic carbocycles. The molecule has 0 aromatic heterocycles. The maximum Gasteiger partial charge on any atom is 0.126 e. The van der Waals surface area contributed by atoms with Gasteiger partial charge in [0.25, 0.3) is 0 Å². The number of nitrogens with one attached hydrogen (secondary N) is 1. The molecule has 1 aromatic carbocycles. The highest BCUT2D eigenvalue weighted by molar-refractivity contribution is 5.23. The van der Waals surface area contributed by atoms with Gasteiger partial charge in [0.05, 0.1) is 6.10 Å². The first-order chi connectivity index (χ1) is 8.45. The Morgan fingerprint density at radius 2 is 2.17 bits per heavy atom. The molecule has 0 spiro atoms. The molecule has 18 heavy (non-hydrogen) atoms. The minimum Gasteiger partial charge on any atom is -0.381 e. The molecule has 3 heteroatoms. The van der Waals surface area contributed by atoms with Gasteiger partial charge in [-0.05, 0) is 30.5 Å². The average molecular weight is 251 g/mol. The van der Waals surface area contributed by atoms with E-state index in [4.69, 9.17) is 4.74 Å². The van der Waals surface area contributed by atoms with Crippen LogP contribution in [-0.2, 0) is 11.3 Å². The molecule has 1 N–H and O–H groups in total. The third kappa shape index (κ3) is 2.43. The lowest BCUT2D eigenvalue weighted by Gasteiger charge is -2.51. The summed E-state index contributed by atoms with van der Waals surface area (Å²) in [7, 11) is 1.76. The van der Waals surface area contributed by atoms with E-state index in [1.165, 1.54) is 0 Å². The van der Waals surface area contributed by atoms with Gasteiger partial charge in [0, 0.05) is 25.1 Å². The van der Waals surface area contributed by atoms with Crippen LogP contribution in [0.15, 0.2) is 18.2 Å². The molecule has 0 amide bonds. The van der Waals surface area contributed by atoms with Crippen molar-refractivity contribution in [2.45, 2.75) is 45.9 Å². The summed E-state index contributed by atoms with van der Waals surface area (Å²) in [6.07, 6.45) is 1.35. The van der Waals surface area contributed by atoms with Crippen molar-refractivity contribution in [3.05, 3.63) is 35.1 Å². The van der Waals surface area contributed by atoms with Crippen LogP contribution < -0.4 is 5.32 Å². The highest BCUT2D eigenvalue weighted by atomic mass is 19.1. The van der Waals surface area contributed by atoms with Crippen molar-refractivity contribution in [2.75, 3.05) is 7.11 Å². The highest BCUT2D eigenvalue weighted by Crippen LogP contribution is 2.42. The Balaban J connectivity index is 1.91. The van der Waals surface area contributed by atoms with Gasteiger partial charge in [0.1, 0.15) is 5.82 Å². The minimum absolute atomic E-state index is 0.128. The predicted molar refractivity (Wildman–Crippen MR) is 71.0 cm³/mol. The van der Waals surface area contributed by atoms with E-state index in [1.54, 1.807) is 20.1 Å². The zero-order valence-electron chi connectivity index (χ0n) is 11.6. The molecule has 100 valence electrons. The first-order valence-electron chi connectivity index (χ1n) is 6.46. The number of aryl methyl sites for hydroxylation is 1. The molecule has 2 unspecified atom stereocenters. The van der Waals surface area contributed by atoms with Crippen LogP contribution >= 0.6 is 0 Å². The van der Waals surface area contributed by atoms with Gasteiger partial charge in [-0.3, -0.25) is 0 Å². The number of ether oxygens (including phenoxy) is 1. The van der Waals surface area contributed by atoms with Gasteiger partial charge in [0.2, 0.25) is 0 Å². The topological polar surface area (TPSA) is 21.3 Å². The van der Waals surface area contributed by atoms with Crippen molar-refractivity contribution < 1.29 is 9.13 Å². The number of hydrogen-bond donors (Lipinski definition) is 1. The van der Waals surface area contributed by atoms with Crippen LogP contribution in [0.3, 0.4) is 0 Å². The predicted octanol–water partition coefficient (Wildman–Crippen LogP) is 3.04. The molecule has 1 saturated carbocycles. The van der Waals surface area contributed by atoms with E-state index in [9.17, 15) is 4.39 Å². The lowest BCUT2D eigenvalue weighted by molar-refractivity contribution is -0.0979. The van der Waals surface area contributed by atoms with E-state index < -0.39 is 0 Å². The normalized spacial score (nSPS) is 25.8. The van der Waals surface area contributed by atoms with Gasteiger partial charge in [0.15, 0.2) is 0 Å². The molecule has 0 saturated heterocycles. The van der Waals surface area contributed by atoms with E-state index >= 15 is 0 Å². The molecule has 2 rings (SSSR count). The number of halogens is 1. The molecular weight excluding hydrogens is 229 g/mol. The SMILES string of the molecule is COC1CC(NCc2ccc(C)c(F)c2)C1(C)C. The fourth-order valence-corrected chi connectivity index (χ4v) is 2.62. The van der Waals surface area contributed by atoms with Crippen molar-refractivity contribution in [1.82, 2.24) is 5.32 Å². The molecule has 0 radical (unpaired) electrons. The highest BCUT2D eigenvalue weighted by Gasteiger charge is 2.48. The van der Waals surface area contributed by atoms with E-state index in [-0.39, 0.29) is 11.2 Å². The molecule has 1 aromatic rings. The first-order valence-corrected chi connectivity index (χ1v) is 6.46. The van der Waals surface area contributed by atoms with Crippen molar-refractivity contribution in [3.63, 3.8) is 0 Å². The Morgan fingerprint density at radius 3 is 2.72 bits per heavy atom. The zero-order valence-corrected chi connectivity index (χ0v) is 11.6. The van der Waals surface area contributed by atoms with Crippen molar-refractivity contribution in [3.8, 4) is 0 Å². The third-order valence-corrected chi connectivity index (χ3v) is 4.25. The van der Waals surface area contributed by atoms with Gasteiger partial charge in [-0.25, -0.2) is 4.39 Å². The van der Waals surface area contributed by atoms with Crippen LogP contribution in [0.2, 0.25) is 0 Å². The second-order valence-corrected chi connectivity index (χ2v) is 5.80. The zero-order chi connectivity index (χ0) is 13.3. The summed E-state index contributed by atoms with van der Waals surface area (Å²) < 4.78 is 18.8. The fraction of sp³-hybridized carbons (Fsp3) is 0.600. The van der Waals surface area contributed by atoms with Crippen LogP contribution in [0.5, 0.6) is 0 Å². The summed E-state index contributed by atoms with van der Waals surface area (Å²) in [5.74, 6) is -0.128. The lowest BCUT2D eigenvalue weighted by Crippen LogP contribution is -2.60. The Morgan fingerprint density at radius 1 is 1.44 bits per heavy atom. The summed E-state index contributed by atoms with van der Waals surface area (Å²) in [6.45, 7) is 6.91. The van der Waals surface area contributed by atoms with Gasteiger partial charge in [-0.15, -0.1) is 0 Å². The van der Waals surface area contributed by atoms with Crippen LogP contribution in [0, 0.1) is 18.2 Å². The quantitative estimate of drug-likeness (QED) is 0.888. The molecule has 0 bridgehead atoms. The number of benzene rings is 1. The molecule has 0 heterocycles. The van der Waals surface area contributed by atoms with Gasteiger partial charge >= 0.3 is 0 Å². The first kappa shape index (κ1) is 13.5. The average Bonchev–Trinajstić information content (AvgIpc) is 2.32. The van der Waals surface area contributed by atoms with E-state index in [2.05, 4.69) is 19.2 Å². The van der Waals surface area contributed by atoms with Crippen LogP contribution in [0.25, 0.3) is 0 Å². The largest absolute Gasteiger partial charge is 0.381 e. The van der Waals surface area contributed by atoms with Gasteiger partial charge in [-0.1, -0.05) is 26.0 Å². The van der Waals surface area contributed by atoms with E-state index in [0.29, 0.717) is 24.3 Å². The third-order valence-electron chi connectivity index (χ3n) is 4.25. The van der Waals surface area contributed by atoms with E-state index in [1.807, 2.05) is 12.1 Å². The Labute approximate surface area is 109 Å². The molecular formula is C15H22FNO.